The standard InChI is InChI=1S/C59H84IN5O22S3/c1-13-62-32-26-80-38(23-36(32)75-8)85-51-46(70)43(28(3)82-56(51)84-35-18-16-14-15-17-20-59(74)24-34(67)44(63-57(73)79-12)41(35)31(59)19-21-88-90-58(6,7)25-37(68)64-61)65-87-39-22-33(66)53(30(5)81-39)89-54(72)40-27(2)42(60)49(52(78-11)48(40)76-9)86-55-47(71)50(77-10)45(69)29(4)83-55/h14-15,19,28-30,32-33,35-36,38-39,43,45-47,50-51,53,55-56,62,65-66,69-72,74,89H,13,21-26,61H2,1-12H3,(H,63,73)(H,64,68)/b15-14-,31-19+/t28-,29+,30-,32+,33+,35+,36+,38+,39+,43-,45+,46+,47-,50-,51-,53-,55+,56+,59+/m1/s1. The van der Waals surface area contributed by atoms with Crippen LogP contribution in [-0.2, 0) is 57.1 Å². The van der Waals surface area contributed by atoms with E-state index in [1.54, 1.807) is 40.9 Å². The van der Waals surface area contributed by atoms with Gasteiger partial charge in [0.05, 0.1) is 97.0 Å². The number of hydroxylamine groups is 1. The van der Waals surface area contributed by atoms with E-state index in [4.69, 9.17) is 67.5 Å². The lowest BCUT2D eigenvalue weighted by molar-refractivity contribution is -0.336. The van der Waals surface area contributed by atoms with E-state index in [0.29, 0.717) is 15.7 Å². The molecule has 4 fully saturated rings. The molecule has 4 aliphatic heterocycles. The minimum Gasteiger partial charge on any atom is -0.492 e. The van der Waals surface area contributed by atoms with Crippen LogP contribution in [0.25, 0.3) is 0 Å². The number of Topliss-reactive ketones (excluding diaryl/α,β-unsaturated/α-hetero) is 1. The average molecular weight is 1440 g/mol. The lowest BCUT2D eigenvalue weighted by atomic mass is 9.75. The summed E-state index contributed by atoms with van der Waals surface area (Å²) in [6.45, 7) is 13.1. The number of aliphatic hydroxyl groups is 6. The highest BCUT2D eigenvalue weighted by Gasteiger charge is 2.52. The maximum atomic E-state index is 14.3. The molecule has 1 aromatic carbocycles. The number of thiol groups is 1. The Labute approximate surface area is 548 Å². The number of rotatable bonds is 24. The summed E-state index contributed by atoms with van der Waals surface area (Å²) in [4.78, 5) is 45.7. The highest BCUT2D eigenvalue weighted by molar-refractivity contribution is 14.1. The van der Waals surface area contributed by atoms with Crippen LogP contribution in [0.3, 0.4) is 0 Å². The quantitative estimate of drug-likeness (QED) is 0.00807. The van der Waals surface area contributed by atoms with Crippen molar-refractivity contribution in [2.24, 2.45) is 5.84 Å². The SMILES string of the molecule is CCN[C@H]1CO[C@@H](O[C@H]2[C@H](O[C@H]3C#C/C=C\C#C[C@]4(O)CC(=O)C(NC(=O)OC)=C3/C4=C\CSSC(C)(C)CC(=O)NN)O[C@H](C)[C@@H](NO[C@H]3C[C@H](O)[C@H]([SH]=C(O)c4c(C)c(I)c(O[C@@H]5O[C@@H](C)[C@H](O)[C@@H](OC)[C@H]5O)c(OC)c4OC)[C@@H](C)O3)[C@@H]2O)C[C@@H]1OC. The van der Waals surface area contributed by atoms with Crippen LogP contribution < -0.4 is 41.6 Å². The Morgan fingerprint density at radius 1 is 0.911 bits per heavy atom. The van der Waals surface area contributed by atoms with E-state index in [0.717, 1.165) is 7.11 Å². The highest BCUT2D eigenvalue weighted by Crippen LogP contribution is 2.48. The zero-order chi connectivity index (χ0) is 65.9. The molecule has 27 nitrogen and oxygen atoms in total. The molecule has 6 aliphatic rings. The molecule has 2 aliphatic carbocycles. The second kappa shape index (κ2) is 33.1. The van der Waals surface area contributed by atoms with E-state index in [1.165, 1.54) is 55.1 Å². The molecule has 4 heterocycles. The Bertz CT molecular complexity index is 2960. The molecular weight excluding hydrogens is 1350 g/mol. The summed E-state index contributed by atoms with van der Waals surface area (Å²) in [7, 11) is 9.52. The molecule has 2 amide bonds. The zero-order valence-electron chi connectivity index (χ0n) is 52.0. The first-order chi connectivity index (χ1) is 42.8. The van der Waals surface area contributed by atoms with Gasteiger partial charge in [-0.2, -0.15) is 16.8 Å². The monoisotopic (exact) mass is 1440 g/mol. The van der Waals surface area contributed by atoms with Crippen LogP contribution in [0.4, 0.5) is 4.79 Å². The Morgan fingerprint density at radius 2 is 1.62 bits per heavy atom. The number of nitrogens with one attached hydrogen (secondary N) is 4. The molecule has 0 unspecified atom stereocenters. The van der Waals surface area contributed by atoms with E-state index < -0.39 is 132 Å². The predicted molar refractivity (Wildman–Crippen MR) is 341 cm³/mol. The Kier molecular flexibility index (Phi) is 27.1. The number of carbonyl (C=O) groups excluding carboxylic acids is 3. The van der Waals surface area contributed by atoms with Gasteiger partial charge in [-0.15, -0.1) is 0 Å². The second-order valence-corrected chi connectivity index (χ2v) is 27.9. The summed E-state index contributed by atoms with van der Waals surface area (Å²) < 4.78 is 72.3. The van der Waals surface area contributed by atoms with Crippen LogP contribution >= 0.6 is 55.5 Å². The van der Waals surface area contributed by atoms with Crippen molar-refractivity contribution < 1.29 is 107 Å². The first-order valence-electron chi connectivity index (χ1n) is 29.0. The highest BCUT2D eigenvalue weighted by atomic mass is 127. The van der Waals surface area contributed by atoms with Gasteiger partial charge in [-0.1, -0.05) is 58.3 Å². The zero-order valence-corrected chi connectivity index (χ0v) is 56.7. The number of hydrazine groups is 1. The van der Waals surface area contributed by atoms with Crippen molar-refractivity contribution >= 4 is 78.4 Å². The normalized spacial score (nSPS) is 34.8. The van der Waals surface area contributed by atoms with E-state index in [9.17, 15) is 45.0 Å². The Balaban J connectivity index is 1.15. The molecule has 31 heteroatoms. The molecule has 12 N–H and O–H groups in total. The van der Waals surface area contributed by atoms with E-state index in [-0.39, 0.29) is 99.6 Å². The van der Waals surface area contributed by atoms with Crippen LogP contribution in [0.15, 0.2) is 35.1 Å². The van der Waals surface area contributed by atoms with Crippen molar-refractivity contribution in [3.8, 4) is 40.9 Å². The second-order valence-electron chi connectivity index (χ2n) is 22.5. The van der Waals surface area contributed by atoms with Gasteiger partial charge in [-0.3, -0.25) is 25.2 Å². The molecule has 2 bridgehead atoms. The number of benzene rings is 1. The fourth-order valence-electron chi connectivity index (χ4n) is 11.2. The van der Waals surface area contributed by atoms with E-state index >= 15 is 0 Å². The molecule has 0 saturated carbocycles. The average Bonchev–Trinajstić information content (AvgIpc) is 0.918. The molecule has 4 saturated heterocycles. The van der Waals surface area contributed by atoms with Gasteiger partial charge in [0.15, 0.2) is 41.8 Å². The number of halogens is 1. The number of hydrogen-bond acceptors (Lipinski definition) is 26. The van der Waals surface area contributed by atoms with Gasteiger partial charge in [0.2, 0.25) is 17.9 Å². The molecule has 90 heavy (non-hydrogen) atoms. The van der Waals surface area contributed by atoms with Crippen molar-refractivity contribution in [1.29, 1.82) is 0 Å². The summed E-state index contributed by atoms with van der Waals surface area (Å²) in [6.07, 6.45) is -14.1. The molecular formula is C59H84IN5O22S3. The summed E-state index contributed by atoms with van der Waals surface area (Å²) in [6, 6.07) is -1.31. The number of hydrogen-bond donors (Lipinski definition) is 12. The minimum absolute atomic E-state index is 0.0688. The number of ether oxygens (including phenoxy) is 12. The van der Waals surface area contributed by atoms with E-state index in [1.807, 2.05) is 43.4 Å². The summed E-state index contributed by atoms with van der Waals surface area (Å²) in [5, 5.41) is 75.5. The molecule has 1 aromatic rings. The molecule has 19 atom stereocenters. The molecule has 0 spiro atoms. The number of carbonyl (C=O) groups is 3. The smallest absolute Gasteiger partial charge is 0.411 e. The van der Waals surface area contributed by atoms with Gasteiger partial charge < -0.3 is 92.8 Å². The third kappa shape index (κ3) is 17.4. The minimum atomic E-state index is -2.15. The fraction of sp³-hybridized carbons (Fsp3) is 0.661. The van der Waals surface area contributed by atoms with Crippen molar-refractivity contribution in [1.82, 2.24) is 21.5 Å². The number of alkyl carbamates (subject to hydrolysis) is 1. The summed E-state index contributed by atoms with van der Waals surface area (Å²) in [5.74, 6) is 16.2. The predicted octanol–water partition coefficient (Wildman–Crippen LogP) is 1.71. The maximum Gasteiger partial charge on any atom is 0.411 e. The lowest BCUT2D eigenvalue weighted by Gasteiger charge is -2.46. The summed E-state index contributed by atoms with van der Waals surface area (Å²) >= 11 is 2.26. The molecule has 0 aromatic heterocycles. The number of ketones is 1. The van der Waals surface area contributed by atoms with E-state index in [2.05, 4.69) is 45.2 Å². The number of nitrogens with two attached hydrogens (primary N) is 1. The number of allylic oxidation sites excluding steroid dienone is 3. The Hall–Kier alpha value is -3.70. The molecule has 0 radical (unpaired) electrons. The third-order valence-electron chi connectivity index (χ3n) is 15.8. The van der Waals surface area contributed by atoms with Gasteiger partial charge in [0.25, 0.3) is 0 Å². The lowest BCUT2D eigenvalue weighted by Crippen LogP contribution is -2.65. The van der Waals surface area contributed by atoms with Crippen LogP contribution in [0, 0.1) is 34.2 Å². The topological polar surface area (TPSA) is 367 Å². The van der Waals surface area contributed by atoms with Gasteiger partial charge in [0.1, 0.15) is 41.7 Å². The number of likely N-dealkylation sites (N-methyl/N-ethyl adjacent to an activating group) is 1. The summed E-state index contributed by atoms with van der Waals surface area (Å²) in [5.41, 5.74) is 3.34. The fourth-order valence-corrected chi connectivity index (χ4v) is 15.4. The largest absolute Gasteiger partial charge is 0.492 e. The van der Waals surface area contributed by atoms with Crippen molar-refractivity contribution in [3.63, 3.8) is 0 Å². The first-order valence-corrected chi connectivity index (χ1v) is 33.4. The maximum absolute atomic E-state index is 14.3. The van der Waals surface area contributed by atoms with Crippen molar-refractivity contribution in [2.45, 2.75) is 194 Å². The molecule has 7 rings (SSSR count). The number of methoxy groups -OCH3 is 5. The Morgan fingerprint density at radius 3 is 2.28 bits per heavy atom. The molecule has 502 valence electrons. The van der Waals surface area contributed by atoms with Crippen LogP contribution in [0.1, 0.15) is 78.4 Å². The van der Waals surface area contributed by atoms with Crippen LogP contribution in [0.2, 0.25) is 0 Å². The third-order valence-corrected chi connectivity index (χ3v) is 21.7. The van der Waals surface area contributed by atoms with Gasteiger partial charge in [-0.25, -0.2) is 10.6 Å². The van der Waals surface area contributed by atoms with Gasteiger partial charge in [0, 0.05) is 55.1 Å². The number of amides is 2. The number of fused-ring (bicyclic) bond motifs is 2. The van der Waals surface area contributed by atoms with Crippen molar-refractivity contribution in [2.75, 3.05) is 54.5 Å². The van der Waals surface area contributed by atoms with Crippen molar-refractivity contribution in [3.05, 3.63) is 49.8 Å². The van der Waals surface area contributed by atoms with Gasteiger partial charge in [-0.05, 0) is 88.4 Å². The van der Waals surface area contributed by atoms with Gasteiger partial charge >= 0.3 is 6.09 Å². The van der Waals surface area contributed by atoms with Crippen LogP contribution in [0.5, 0.6) is 17.2 Å². The first kappa shape index (κ1) is 73.7. The number of aliphatic hydroxyl groups excluding tert-OH is 5. The van der Waals surface area contributed by atoms with Crippen LogP contribution in [-0.4, -0.2) is 228 Å².